The van der Waals surface area contributed by atoms with Gasteiger partial charge in [-0.05, 0) is 53.5 Å². The van der Waals surface area contributed by atoms with Crippen LogP contribution in [0.4, 0.5) is 0 Å². The summed E-state index contributed by atoms with van der Waals surface area (Å²) in [5, 5.41) is 4.58. The third-order valence-electron chi connectivity index (χ3n) is 6.61. The zero-order valence-corrected chi connectivity index (χ0v) is 20.6. The van der Waals surface area contributed by atoms with Gasteiger partial charge in [-0.25, -0.2) is 9.78 Å². The number of hydrogen-bond donors (Lipinski definition) is 1. The molecule has 0 saturated carbocycles. The number of hydrogen-bond acceptors (Lipinski definition) is 5. The molecule has 3 heterocycles. The van der Waals surface area contributed by atoms with E-state index >= 15 is 0 Å². The van der Waals surface area contributed by atoms with Gasteiger partial charge in [0.15, 0.2) is 5.82 Å². The fraction of sp³-hybridized carbons (Fsp3) is 0.179. The summed E-state index contributed by atoms with van der Waals surface area (Å²) in [6.45, 7) is 5.11. The lowest BCUT2D eigenvalue weighted by atomic mass is 9.89. The van der Waals surface area contributed by atoms with Crippen molar-refractivity contribution in [3.05, 3.63) is 110 Å². The van der Waals surface area contributed by atoms with Crippen LogP contribution in [0.1, 0.15) is 47.8 Å². The molecule has 36 heavy (non-hydrogen) atoms. The Hall–Kier alpha value is -4.10. The smallest absolute Gasteiger partial charge is 0.439 e. The summed E-state index contributed by atoms with van der Waals surface area (Å²) in [6, 6.07) is 20.2. The standard InChI is InChI=1S/C28H23ClN4O3/c1-3-24-30-26-21(29)8-6-9-22(26)33(24)14-17-11-12-19-18(13-17)15-35-23-10-5-4-7-20(23)25(19)16(2)27-31-28(34)36-32-27/h4-13H,3,14-15H2,1-2H3,(H,31,32,34)/b25-16-. The molecule has 3 aromatic carbocycles. The first-order chi connectivity index (χ1) is 17.5. The third-order valence-corrected chi connectivity index (χ3v) is 6.92. The molecule has 1 N–H and O–H groups in total. The molecule has 0 fully saturated rings. The number of nitrogens with zero attached hydrogens (tertiary/aromatic N) is 3. The van der Waals surface area contributed by atoms with Crippen molar-refractivity contribution in [3.63, 3.8) is 0 Å². The molecule has 7 nitrogen and oxygen atoms in total. The fourth-order valence-corrected chi connectivity index (χ4v) is 5.12. The highest BCUT2D eigenvalue weighted by Gasteiger charge is 2.23. The SMILES string of the molecule is CCc1nc2c(Cl)cccc2n1Cc1ccc2c(c1)COc1ccccc1/C2=C(/C)c1noc(=O)[nH]1. The number of aromatic nitrogens is 4. The normalized spacial score (nSPS) is 14.2. The van der Waals surface area contributed by atoms with Gasteiger partial charge in [0.05, 0.1) is 10.5 Å². The minimum Gasteiger partial charge on any atom is -0.488 e. The number of imidazole rings is 1. The Kier molecular flexibility index (Phi) is 5.49. The second-order valence-electron chi connectivity index (χ2n) is 8.80. The number of H-pyrrole nitrogens is 1. The van der Waals surface area contributed by atoms with Crippen LogP contribution in [0.25, 0.3) is 22.2 Å². The van der Waals surface area contributed by atoms with Gasteiger partial charge in [-0.15, -0.1) is 0 Å². The van der Waals surface area contributed by atoms with Gasteiger partial charge in [0.25, 0.3) is 0 Å². The van der Waals surface area contributed by atoms with E-state index in [0.29, 0.717) is 24.0 Å². The highest BCUT2D eigenvalue weighted by molar-refractivity contribution is 6.34. The maximum absolute atomic E-state index is 11.7. The molecular formula is C28H23ClN4O3. The molecule has 180 valence electrons. The molecule has 1 aliphatic heterocycles. The summed E-state index contributed by atoms with van der Waals surface area (Å²) in [7, 11) is 0. The van der Waals surface area contributed by atoms with Crippen molar-refractivity contribution in [2.45, 2.75) is 33.4 Å². The van der Waals surface area contributed by atoms with Crippen molar-refractivity contribution >= 4 is 33.8 Å². The first kappa shape index (κ1) is 22.4. The fourth-order valence-electron chi connectivity index (χ4n) is 4.91. The number of rotatable bonds is 4. The van der Waals surface area contributed by atoms with E-state index in [0.717, 1.165) is 62.4 Å². The van der Waals surface area contributed by atoms with E-state index in [1.807, 2.05) is 43.3 Å². The van der Waals surface area contributed by atoms with Crippen molar-refractivity contribution in [1.29, 1.82) is 0 Å². The maximum Gasteiger partial charge on any atom is 0.439 e. The highest BCUT2D eigenvalue weighted by atomic mass is 35.5. The Morgan fingerprint density at radius 1 is 1.11 bits per heavy atom. The van der Waals surface area contributed by atoms with Crippen LogP contribution in [0.15, 0.2) is 70.0 Å². The van der Waals surface area contributed by atoms with Gasteiger partial charge in [-0.2, -0.15) is 0 Å². The first-order valence-corrected chi connectivity index (χ1v) is 12.2. The van der Waals surface area contributed by atoms with E-state index in [-0.39, 0.29) is 0 Å². The molecule has 0 radical (unpaired) electrons. The summed E-state index contributed by atoms with van der Waals surface area (Å²) in [4.78, 5) is 19.1. The maximum atomic E-state index is 11.7. The van der Waals surface area contributed by atoms with Crippen molar-refractivity contribution in [1.82, 2.24) is 19.7 Å². The largest absolute Gasteiger partial charge is 0.488 e. The molecular weight excluding hydrogens is 476 g/mol. The number of nitrogens with one attached hydrogen (secondary N) is 1. The summed E-state index contributed by atoms with van der Waals surface area (Å²) in [5.41, 5.74) is 7.73. The first-order valence-electron chi connectivity index (χ1n) is 11.8. The quantitative estimate of drug-likeness (QED) is 0.336. The van der Waals surface area contributed by atoms with E-state index in [4.69, 9.17) is 25.8 Å². The predicted octanol–water partition coefficient (Wildman–Crippen LogP) is 5.85. The predicted molar refractivity (Wildman–Crippen MR) is 139 cm³/mol. The Bertz CT molecular complexity index is 1710. The van der Waals surface area contributed by atoms with Crippen molar-refractivity contribution in [3.8, 4) is 5.75 Å². The minimum absolute atomic E-state index is 0.399. The average Bonchev–Trinajstić information content (AvgIpc) is 3.44. The van der Waals surface area contributed by atoms with Crippen LogP contribution in [-0.4, -0.2) is 19.7 Å². The van der Waals surface area contributed by atoms with Crippen LogP contribution in [0, 0.1) is 0 Å². The van der Waals surface area contributed by atoms with Crippen LogP contribution < -0.4 is 10.5 Å². The molecule has 0 spiro atoms. The van der Waals surface area contributed by atoms with E-state index in [1.165, 1.54) is 0 Å². The Morgan fingerprint density at radius 3 is 2.78 bits per heavy atom. The number of benzene rings is 3. The topological polar surface area (TPSA) is 85.9 Å². The molecule has 0 saturated heterocycles. The van der Waals surface area contributed by atoms with Gasteiger partial charge in [-0.1, -0.05) is 60.1 Å². The molecule has 0 unspecified atom stereocenters. The van der Waals surface area contributed by atoms with Crippen LogP contribution in [-0.2, 0) is 19.6 Å². The third kappa shape index (κ3) is 3.72. The monoisotopic (exact) mass is 498 g/mol. The van der Waals surface area contributed by atoms with Gasteiger partial charge in [0.1, 0.15) is 23.7 Å². The lowest BCUT2D eigenvalue weighted by Crippen LogP contribution is -2.06. The minimum atomic E-state index is -0.585. The second kappa shape index (κ2) is 8.84. The zero-order chi connectivity index (χ0) is 24.8. The summed E-state index contributed by atoms with van der Waals surface area (Å²) < 4.78 is 13.2. The Morgan fingerprint density at radius 2 is 1.97 bits per heavy atom. The van der Waals surface area contributed by atoms with Crippen LogP contribution >= 0.6 is 11.6 Å². The molecule has 0 amide bonds. The number of para-hydroxylation sites is 2. The number of ether oxygens (including phenoxy) is 1. The molecule has 2 aromatic heterocycles. The number of halogens is 1. The Labute approximate surface area is 212 Å². The van der Waals surface area contributed by atoms with Crippen molar-refractivity contribution in [2.24, 2.45) is 0 Å². The molecule has 0 atom stereocenters. The van der Waals surface area contributed by atoms with Gasteiger partial charge in [0.2, 0.25) is 0 Å². The van der Waals surface area contributed by atoms with Gasteiger partial charge < -0.3 is 9.30 Å². The Balaban J connectivity index is 1.49. The number of aromatic amines is 1. The number of allylic oxidation sites excluding steroid dienone is 1. The van der Waals surface area contributed by atoms with Crippen LogP contribution in [0.3, 0.4) is 0 Å². The zero-order valence-electron chi connectivity index (χ0n) is 19.8. The van der Waals surface area contributed by atoms with Crippen LogP contribution in [0.5, 0.6) is 5.75 Å². The van der Waals surface area contributed by atoms with Gasteiger partial charge in [0, 0.05) is 24.1 Å². The van der Waals surface area contributed by atoms with Crippen LogP contribution in [0.2, 0.25) is 5.02 Å². The van der Waals surface area contributed by atoms with E-state index in [1.54, 1.807) is 0 Å². The molecule has 8 heteroatoms. The molecule has 5 aromatic rings. The summed E-state index contributed by atoms with van der Waals surface area (Å²) >= 11 is 6.43. The van der Waals surface area contributed by atoms with Crippen molar-refractivity contribution in [2.75, 3.05) is 0 Å². The number of aryl methyl sites for hydroxylation is 1. The second-order valence-corrected chi connectivity index (χ2v) is 9.20. The highest BCUT2D eigenvalue weighted by Crippen LogP contribution is 2.40. The van der Waals surface area contributed by atoms with E-state index < -0.39 is 5.76 Å². The molecule has 0 bridgehead atoms. The van der Waals surface area contributed by atoms with E-state index in [9.17, 15) is 4.79 Å². The van der Waals surface area contributed by atoms with Gasteiger partial charge in [-0.3, -0.25) is 9.51 Å². The molecule has 6 rings (SSSR count). The van der Waals surface area contributed by atoms with E-state index in [2.05, 4.69) is 45.9 Å². The molecule has 0 aliphatic carbocycles. The number of fused-ring (bicyclic) bond motifs is 3. The lowest BCUT2D eigenvalue weighted by molar-refractivity contribution is 0.307. The lowest BCUT2D eigenvalue weighted by Gasteiger charge is -2.15. The van der Waals surface area contributed by atoms with Gasteiger partial charge >= 0.3 is 5.76 Å². The molecule has 1 aliphatic rings. The summed E-state index contributed by atoms with van der Waals surface area (Å²) in [5.74, 6) is 1.58. The summed E-state index contributed by atoms with van der Waals surface area (Å²) in [6.07, 6.45) is 0.802. The van der Waals surface area contributed by atoms with Crippen molar-refractivity contribution < 1.29 is 9.26 Å². The average molecular weight is 499 g/mol.